The lowest BCUT2D eigenvalue weighted by molar-refractivity contribution is 0.637. The van der Waals surface area contributed by atoms with Gasteiger partial charge in [-0.05, 0) is 55.7 Å². The van der Waals surface area contributed by atoms with Crippen LogP contribution >= 0.6 is 27.5 Å². The number of rotatable bonds is 5. The third-order valence-corrected chi connectivity index (χ3v) is 4.10. The Bertz CT molecular complexity index is 303. The predicted molar refractivity (Wildman–Crippen MR) is 69.4 cm³/mol. The summed E-state index contributed by atoms with van der Waals surface area (Å²) in [7, 11) is 0. The third kappa shape index (κ3) is 3.81. The van der Waals surface area contributed by atoms with Crippen LogP contribution in [0.2, 0.25) is 0 Å². The standard InChI is InChI=1S/C13H16BrCl/c14-12-8-4-10(5-9-12)2-1-3-13(15)11-6-7-11/h4-5,8-9,11,13H,1-3,6-7H2. The SMILES string of the molecule is ClC(CCCc1ccc(Br)cc1)C1CC1. The van der Waals surface area contributed by atoms with Crippen molar-refractivity contribution >= 4 is 27.5 Å². The first-order valence-corrected chi connectivity index (χ1v) is 6.87. The molecule has 0 aromatic heterocycles. The maximum Gasteiger partial charge on any atom is 0.0364 e. The number of alkyl halides is 1. The van der Waals surface area contributed by atoms with E-state index in [1.54, 1.807) is 0 Å². The maximum absolute atomic E-state index is 6.26. The Labute approximate surface area is 105 Å². The summed E-state index contributed by atoms with van der Waals surface area (Å²) in [6.07, 6.45) is 6.25. The maximum atomic E-state index is 6.26. The molecule has 2 heteroatoms. The van der Waals surface area contributed by atoms with E-state index in [2.05, 4.69) is 40.2 Å². The molecule has 1 fully saturated rings. The van der Waals surface area contributed by atoms with Crippen LogP contribution in [0.4, 0.5) is 0 Å². The van der Waals surface area contributed by atoms with Crippen molar-refractivity contribution in [3.05, 3.63) is 34.3 Å². The molecule has 0 aliphatic heterocycles. The van der Waals surface area contributed by atoms with Crippen LogP contribution in [0.15, 0.2) is 28.7 Å². The molecule has 1 aliphatic carbocycles. The topological polar surface area (TPSA) is 0 Å². The van der Waals surface area contributed by atoms with E-state index >= 15 is 0 Å². The summed E-state index contributed by atoms with van der Waals surface area (Å²) >= 11 is 9.71. The van der Waals surface area contributed by atoms with E-state index in [0.29, 0.717) is 5.38 Å². The van der Waals surface area contributed by atoms with E-state index < -0.39 is 0 Å². The molecule has 2 rings (SSSR count). The molecule has 1 aliphatic rings. The Morgan fingerprint density at radius 1 is 1.27 bits per heavy atom. The lowest BCUT2D eigenvalue weighted by Crippen LogP contribution is -2.01. The molecule has 1 aromatic carbocycles. The van der Waals surface area contributed by atoms with Gasteiger partial charge in [-0.1, -0.05) is 28.1 Å². The molecule has 0 nitrogen and oxygen atoms in total. The van der Waals surface area contributed by atoms with Gasteiger partial charge >= 0.3 is 0 Å². The zero-order valence-electron chi connectivity index (χ0n) is 8.76. The van der Waals surface area contributed by atoms with Gasteiger partial charge in [-0.15, -0.1) is 11.6 Å². The van der Waals surface area contributed by atoms with Crippen LogP contribution in [-0.4, -0.2) is 5.38 Å². The predicted octanol–water partition coefficient (Wildman–Crippen LogP) is 4.79. The largest absolute Gasteiger partial charge is 0.123 e. The number of benzene rings is 1. The molecule has 0 bridgehead atoms. The molecule has 82 valence electrons. The summed E-state index contributed by atoms with van der Waals surface area (Å²) < 4.78 is 1.15. The van der Waals surface area contributed by atoms with Crippen LogP contribution in [0.1, 0.15) is 31.2 Å². The first-order chi connectivity index (χ1) is 7.25. The molecule has 1 saturated carbocycles. The van der Waals surface area contributed by atoms with Gasteiger partial charge in [-0.25, -0.2) is 0 Å². The first kappa shape index (κ1) is 11.5. The summed E-state index contributed by atoms with van der Waals surface area (Å²) in [4.78, 5) is 0. The van der Waals surface area contributed by atoms with Crippen molar-refractivity contribution in [2.45, 2.75) is 37.5 Å². The summed E-state index contributed by atoms with van der Waals surface area (Å²) in [5.74, 6) is 0.830. The van der Waals surface area contributed by atoms with Crippen molar-refractivity contribution in [2.24, 2.45) is 5.92 Å². The Hall–Kier alpha value is -0.0100. The Balaban J connectivity index is 1.70. The second-order valence-corrected chi connectivity index (χ2v) is 5.85. The monoisotopic (exact) mass is 286 g/mol. The Morgan fingerprint density at radius 2 is 1.93 bits per heavy atom. The zero-order chi connectivity index (χ0) is 10.7. The Morgan fingerprint density at radius 3 is 2.53 bits per heavy atom. The minimum atomic E-state index is 0.431. The van der Waals surface area contributed by atoms with Crippen LogP contribution in [0.25, 0.3) is 0 Å². The van der Waals surface area contributed by atoms with Crippen molar-refractivity contribution in [1.29, 1.82) is 0 Å². The number of hydrogen-bond acceptors (Lipinski definition) is 0. The highest BCUT2D eigenvalue weighted by Gasteiger charge is 2.28. The fourth-order valence-electron chi connectivity index (χ4n) is 1.85. The lowest BCUT2D eigenvalue weighted by Gasteiger charge is -2.07. The van der Waals surface area contributed by atoms with Crippen LogP contribution in [0, 0.1) is 5.92 Å². The van der Waals surface area contributed by atoms with E-state index in [-0.39, 0.29) is 0 Å². The molecule has 1 atom stereocenters. The lowest BCUT2D eigenvalue weighted by atomic mass is 10.1. The van der Waals surface area contributed by atoms with Gasteiger partial charge < -0.3 is 0 Å². The molecule has 1 unspecified atom stereocenters. The molecular formula is C13H16BrCl. The van der Waals surface area contributed by atoms with Crippen LogP contribution in [0.3, 0.4) is 0 Å². The fourth-order valence-corrected chi connectivity index (χ4v) is 2.52. The third-order valence-electron chi connectivity index (χ3n) is 2.99. The summed E-state index contributed by atoms with van der Waals surface area (Å²) in [6.45, 7) is 0. The molecule has 0 radical (unpaired) electrons. The van der Waals surface area contributed by atoms with E-state index in [9.17, 15) is 0 Å². The molecule has 0 N–H and O–H groups in total. The smallest absolute Gasteiger partial charge is 0.0364 e. The van der Waals surface area contributed by atoms with E-state index in [0.717, 1.165) is 16.8 Å². The van der Waals surface area contributed by atoms with Crippen molar-refractivity contribution < 1.29 is 0 Å². The molecular weight excluding hydrogens is 272 g/mol. The zero-order valence-corrected chi connectivity index (χ0v) is 11.1. The second kappa shape index (κ2) is 5.36. The normalized spacial score (nSPS) is 17.7. The van der Waals surface area contributed by atoms with Gasteiger partial charge in [0.1, 0.15) is 0 Å². The molecule has 1 aromatic rings. The van der Waals surface area contributed by atoms with Crippen molar-refractivity contribution in [1.82, 2.24) is 0 Å². The Kier molecular flexibility index (Phi) is 4.10. The van der Waals surface area contributed by atoms with Crippen LogP contribution in [0.5, 0.6) is 0 Å². The van der Waals surface area contributed by atoms with Gasteiger partial charge in [0.05, 0.1) is 0 Å². The number of hydrogen-bond donors (Lipinski definition) is 0. The average Bonchev–Trinajstić information content (AvgIpc) is 3.04. The van der Waals surface area contributed by atoms with Crippen LogP contribution < -0.4 is 0 Å². The van der Waals surface area contributed by atoms with Crippen LogP contribution in [-0.2, 0) is 6.42 Å². The van der Waals surface area contributed by atoms with Gasteiger partial charge in [0.2, 0.25) is 0 Å². The highest BCUT2D eigenvalue weighted by Crippen LogP contribution is 2.37. The minimum Gasteiger partial charge on any atom is -0.123 e. The van der Waals surface area contributed by atoms with Gasteiger partial charge in [-0.3, -0.25) is 0 Å². The first-order valence-electron chi connectivity index (χ1n) is 5.64. The van der Waals surface area contributed by atoms with Gasteiger partial charge in [-0.2, -0.15) is 0 Å². The molecule has 15 heavy (non-hydrogen) atoms. The van der Waals surface area contributed by atoms with Gasteiger partial charge in [0, 0.05) is 9.85 Å². The van der Waals surface area contributed by atoms with Crippen molar-refractivity contribution in [3.8, 4) is 0 Å². The van der Waals surface area contributed by atoms with Crippen molar-refractivity contribution in [2.75, 3.05) is 0 Å². The van der Waals surface area contributed by atoms with Gasteiger partial charge in [0.15, 0.2) is 0 Å². The quantitative estimate of drug-likeness (QED) is 0.683. The highest BCUT2D eigenvalue weighted by atomic mass is 79.9. The highest BCUT2D eigenvalue weighted by molar-refractivity contribution is 9.10. The van der Waals surface area contributed by atoms with E-state index in [4.69, 9.17) is 11.6 Å². The van der Waals surface area contributed by atoms with Crippen molar-refractivity contribution in [3.63, 3.8) is 0 Å². The van der Waals surface area contributed by atoms with Gasteiger partial charge in [0.25, 0.3) is 0 Å². The average molecular weight is 288 g/mol. The molecule has 0 heterocycles. The molecule has 0 amide bonds. The molecule has 0 spiro atoms. The summed E-state index contributed by atoms with van der Waals surface area (Å²) in [5.41, 5.74) is 1.41. The minimum absolute atomic E-state index is 0.431. The van der Waals surface area contributed by atoms with E-state index in [1.807, 2.05) is 0 Å². The summed E-state index contributed by atoms with van der Waals surface area (Å²) in [6, 6.07) is 8.58. The number of aryl methyl sites for hydroxylation is 1. The molecule has 0 saturated heterocycles. The van der Waals surface area contributed by atoms with E-state index in [1.165, 1.54) is 31.2 Å². The number of halogens is 2. The second-order valence-electron chi connectivity index (χ2n) is 4.37. The summed E-state index contributed by atoms with van der Waals surface area (Å²) in [5, 5.41) is 0.431. The fraction of sp³-hybridized carbons (Fsp3) is 0.538.